The number of pyridine rings is 1. The van der Waals surface area contributed by atoms with Crippen LogP contribution in [0.1, 0.15) is 42.4 Å². The van der Waals surface area contributed by atoms with Gasteiger partial charge in [-0.05, 0) is 98.3 Å². The highest BCUT2D eigenvalue weighted by atomic mass is 35.5. The van der Waals surface area contributed by atoms with Crippen molar-refractivity contribution in [2.75, 3.05) is 32.9 Å². The molecule has 2 aromatic carbocycles. The molecular formula is C34H35ClN4O3S. The van der Waals surface area contributed by atoms with Gasteiger partial charge < -0.3 is 14.0 Å². The third-order valence-electron chi connectivity index (χ3n) is 8.96. The summed E-state index contributed by atoms with van der Waals surface area (Å²) in [6.07, 6.45) is 4.74. The van der Waals surface area contributed by atoms with Gasteiger partial charge in [-0.25, -0.2) is 9.97 Å². The van der Waals surface area contributed by atoms with E-state index in [0.717, 1.165) is 93.4 Å². The summed E-state index contributed by atoms with van der Waals surface area (Å²) in [4.78, 5) is 25.6. The van der Waals surface area contributed by atoms with Gasteiger partial charge in [0.1, 0.15) is 5.01 Å². The number of esters is 1. The molecule has 3 aromatic heterocycles. The van der Waals surface area contributed by atoms with Crippen LogP contribution >= 0.6 is 22.9 Å². The number of fused-ring (bicyclic) bond motifs is 2. The molecule has 7 rings (SSSR count). The van der Waals surface area contributed by atoms with Crippen molar-refractivity contribution in [3.63, 3.8) is 0 Å². The van der Waals surface area contributed by atoms with Crippen LogP contribution < -0.4 is 0 Å². The molecule has 0 radical (unpaired) electrons. The van der Waals surface area contributed by atoms with Crippen LogP contribution in [-0.4, -0.2) is 64.4 Å². The largest absolute Gasteiger partial charge is 0.466 e. The van der Waals surface area contributed by atoms with Crippen molar-refractivity contribution in [1.82, 2.24) is 19.4 Å². The van der Waals surface area contributed by atoms with Gasteiger partial charge in [0.05, 0.1) is 59.2 Å². The zero-order valence-corrected chi connectivity index (χ0v) is 26.3. The lowest BCUT2D eigenvalue weighted by atomic mass is 9.89. The lowest BCUT2D eigenvalue weighted by Gasteiger charge is -2.41. The topological polar surface area (TPSA) is 69.5 Å². The third-order valence-corrected chi connectivity index (χ3v) is 10.3. The number of aryl methyl sites for hydroxylation is 2. The summed E-state index contributed by atoms with van der Waals surface area (Å²) >= 11 is 7.87. The minimum absolute atomic E-state index is 0.199. The summed E-state index contributed by atoms with van der Waals surface area (Å²) in [5.74, 6) is 0.254. The van der Waals surface area contributed by atoms with E-state index >= 15 is 0 Å². The molecule has 7 nitrogen and oxygen atoms in total. The average Bonchev–Trinajstić information content (AvgIpc) is 3.54. The monoisotopic (exact) mass is 614 g/mol. The molecule has 0 unspecified atom stereocenters. The Kier molecular flexibility index (Phi) is 7.72. The molecule has 0 aliphatic carbocycles. The van der Waals surface area contributed by atoms with Gasteiger partial charge >= 0.3 is 5.97 Å². The molecule has 2 aliphatic rings. The Bertz CT molecular complexity index is 1820. The Morgan fingerprint density at radius 2 is 1.88 bits per heavy atom. The molecular weight excluding hydrogens is 580 g/mol. The summed E-state index contributed by atoms with van der Waals surface area (Å²) in [5, 5.41) is 1.54. The fourth-order valence-corrected chi connectivity index (χ4v) is 7.80. The molecule has 43 heavy (non-hydrogen) atoms. The number of hydrogen-bond acceptors (Lipinski definition) is 7. The number of benzene rings is 2. The van der Waals surface area contributed by atoms with Gasteiger partial charge in [0.15, 0.2) is 0 Å². The minimum atomic E-state index is -0.236. The lowest BCUT2D eigenvalue weighted by molar-refractivity contribution is -0.142. The first kappa shape index (κ1) is 28.5. The van der Waals surface area contributed by atoms with Crippen molar-refractivity contribution in [2.24, 2.45) is 7.05 Å². The molecule has 2 aliphatic heterocycles. The molecule has 2 fully saturated rings. The highest BCUT2D eigenvalue weighted by molar-refractivity contribution is 7.22. The van der Waals surface area contributed by atoms with E-state index in [9.17, 15) is 4.79 Å². The average molecular weight is 615 g/mol. The summed E-state index contributed by atoms with van der Waals surface area (Å²) in [6, 6.07) is 14.7. The molecule has 5 aromatic rings. The Hall–Kier alpha value is -3.30. The van der Waals surface area contributed by atoms with Crippen LogP contribution in [0, 0.1) is 6.92 Å². The van der Waals surface area contributed by atoms with Crippen molar-refractivity contribution in [2.45, 2.75) is 45.1 Å². The number of thiazole rings is 1. The number of ether oxygens (including phenoxy) is 2. The Labute approximate surface area is 260 Å². The Balaban J connectivity index is 1.29. The fourth-order valence-electron chi connectivity index (χ4n) is 6.57. The first-order valence-electron chi connectivity index (χ1n) is 15.0. The summed E-state index contributed by atoms with van der Waals surface area (Å²) in [7, 11) is 2.11. The number of rotatable bonds is 7. The second kappa shape index (κ2) is 11.7. The molecule has 5 heterocycles. The van der Waals surface area contributed by atoms with Crippen LogP contribution in [0.4, 0.5) is 0 Å². The summed E-state index contributed by atoms with van der Waals surface area (Å²) in [5.41, 5.74) is 9.29. The van der Waals surface area contributed by atoms with Gasteiger partial charge in [-0.15, -0.1) is 11.3 Å². The van der Waals surface area contributed by atoms with E-state index in [-0.39, 0.29) is 12.4 Å². The predicted molar refractivity (Wildman–Crippen MR) is 173 cm³/mol. The van der Waals surface area contributed by atoms with Crippen LogP contribution in [0.25, 0.3) is 43.1 Å². The van der Waals surface area contributed by atoms with Crippen LogP contribution in [0.15, 0.2) is 48.7 Å². The molecule has 0 N–H and O–H groups in total. The number of piperidine rings is 1. The minimum Gasteiger partial charge on any atom is -0.466 e. The van der Waals surface area contributed by atoms with Crippen molar-refractivity contribution in [3.05, 3.63) is 70.4 Å². The Morgan fingerprint density at radius 1 is 1.12 bits per heavy atom. The van der Waals surface area contributed by atoms with Crippen molar-refractivity contribution in [3.8, 4) is 21.8 Å². The van der Waals surface area contributed by atoms with Crippen LogP contribution in [0.2, 0.25) is 5.02 Å². The normalized spacial score (nSPS) is 16.7. The SMILES string of the molecule is CCOC(=O)Cc1c(C)cc2nc(-c3ccc4c(n3)c(C3CCN(C5COC5)CC3)cn4C)sc2c1-c1ccc(Cl)cc1. The predicted octanol–water partition coefficient (Wildman–Crippen LogP) is 7.16. The first-order valence-corrected chi connectivity index (χ1v) is 16.2. The molecule has 0 atom stereocenters. The van der Waals surface area contributed by atoms with E-state index in [4.69, 9.17) is 31.0 Å². The van der Waals surface area contributed by atoms with E-state index in [0.29, 0.717) is 23.6 Å². The molecule has 0 saturated carbocycles. The van der Waals surface area contributed by atoms with Crippen molar-refractivity contribution in [1.29, 1.82) is 0 Å². The highest BCUT2D eigenvalue weighted by Gasteiger charge is 2.31. The van der Waals surface area contributed by atoms with Gasteiger partial charge in [-0.3, -0.25) is 9.69 Å². The van der Waals surface area contributed by atoms with E-state index in [1.807, 2.05) is 38.1 Å². The number of carbonyl (C=O) groups is 1. The standard InChI is InChI=1S/C34H35ClN4O3S/c1-4-42-30(40)16-25-20(2)15-28-33(31(25)22-5-7-23(35)8-6-22)43-34(37-28)27-9-10-29-32(36-27)26(17-38(29)3)21-11-13-39(14-12-21)24-18-41-19-24/h5-10,15,17,21,24H,4,11-14,16,18-19H2,1-3H3. The second-order valence-corrected chi connectivity index (χ2v) is 13.1. The second-order valence-electron chi connectivity index (χ2n) is 11.7. The van der Waals surface area contributed by atoms with Gasteiger partial charge in [0.2, 0.25) is 0 Å². The van der Waals surface area contributed by atoms with Gasteiger partial charge in [-0.1, -0.05) is 23.7 Å². The van der Waals surface area contributed by atoms with Crippen molar-refractivity contribution < 1.29 is 14.3 Å². The smallest absolute Gasteiger partial charge is 0.310 e. The number of likely N-dealkylation sites (tertiary alicyclic amines) is 1. The van der Waals surface area contributed by atoms with Crippen molar-refractivity contribution >= 4 is 50.2 Å². The number of hydrogen-bond donors (Lipinski definition) is 0. The maximum absolute atomic E-state index is 12.6. The van der Waals surface area contributed by atoms with Crippen LogP contribution in [-0.2, 0) is 27.7 Å². The molecule has 222 valence electrons. The van der Waals surface area contributed by atoms with E-state index in [1.165, 1.54) is 5.56 Å². The fraction of sp³-hybridized carbons (Fsp3) is 0.382. The summed E-state index contributed by atoms with van der Waals surface area (Å²) in [6.45, 7) is 8.17. The van der Waals surface area contributed by atoms with E-state index in [2.05, 4.69) is 40.9 Å². The Morgan fingerprint density at radius 3 is 2.58 bits per heavy atom. The number of nitrogens with zero attached hydrogens (tertiary/aromatic N) is 4. The number of carbonyl (C=O) groups excluding carboxylic acids is 1. The summed E-state index contributed by atoms with van der Waals surface area (Å²) < 4.78 is 14.0. The zero-order chi connectivity index (χ0) is 29.7. The lowest BCUT2D eigenvalue weighted by Crippen LogP contribution is -2.51. The number of aromatic nitrogens is 3. The molecule has 9 heteroatoms. The number of halogens is 1. The maximum atomic E-state index is 12.6. The molecule has 0 amide bonds. The zero-order valence-electron chi connectivity index (χ0n) is 24.7. The van der Waals surface area contributed by atoms with E-state index < -0.39 is 0 Å². The quantitative estimate of drug-likeness (QED) is 0.181. The first-order chi connectivity index (χ1) is 20.9. The molecule has 0 spiro atoms. The van der Waals surface area contributed by atoms with E-state index in [1.54, 1.807) is 11.3 Å². The van der Waals surface area contributed by atoms with Gasteiger partial charge in [0, 0.05) is 23.8 Å². The molecule has 0 bridgehead atoms. The van der Waals surface area contributed by atoms with Gasteiger partial charge in [-0.2, -0.15) is 0 Å². The highest BCUT2D eigenvalue weighted by Crippen LogP contribution is 2.42. The van der Waals surface area contributed by atoms with Gasteiger partial charge in [0.25, 0.3) is 0 Å². The van der Waals surface area contributed by atoms with Crippen LogP contribution in [0.3, 0.4) is 0 Å². The van der Waals surface area contributed by atoms with Crippen LogP contribution in [0.5, 0.6) is 0 Å². The third kappa shape index (κ3) is 5.35. The molecule has 2 saturated heterocycles. The maximum Gasteiger partial charge on any atom is 0.310 e.